The number of fused-ring (bicyclic) bond motifs is 1. The van der Waals surface area contributed by atoms with Crippen molar-refractivity contribution in [2.24, 2.45) is 4.99 Å². The van der Waals surface area contributed by atoms with Gasteiger partial charge in [-0.05, 0) is 52.9 Å². The predicted octanol–water partition coefficient (Wildman–Crippen LogP) is 4.27. The summed E-state index contributed by atoms with van der Waals surface area (Å²) in [5, 5.41) is 0. The van der Waals surface area contributed by atoms with Gasteiger partial charge in [0.2, 0.25) is 0 Å². The molecule has 0 aliphatic carbocycles. The van der Waals surface area contributed by atoms with Gasteiger partial charge in [-0.15, -0.1) is 0 Å². The molecule has 0 radical (unpaired) electrons. The molecule has 0 saturated heterocycles. The Balaban J connectivity index is 1.57. The molecule has 0 unspecified atom stereocenters. The molecule has 0 atom stereocenters. The summed E-state index contributed by atoms with van der Waals surface area (Å²) in [6.07, 6.45) is -0.180. The number of hydrogen-bond donors (Lipinski definition) is 0. The second kappa shape index (κ2) is 6.68. The fraction of sp³-hybridized carbons (Fsp3) is 0.238. The molecule has 2 aliphatic heterocycles. The van der Waals surface area contributed by atoms with Crippen molar-refractivity contribution in [3.63, 3.8) is 0 Å². The molecule has 27 heavy (non-hydrogen) atoms. The van der Waals surface area contributed by atoms with Crippen LogP contribution in [0.2, 0.25) is 0 Å². The van der Waals surface area contributed by atoms with Gasteiger partial charge < -0.3 is 4.90 Å². The van der Waals surface area contributed by atoms with E-state index in [1.807, 2.05) is 18.2 Å². The van der Waals surface area contributed by atoms with Crippen LogP contribution in [0.1, 0.15) is 16.7 Å². The van der Waals surface area contributed by atoms with Crippen molar-refractivity contribution in [1.29, 1.82) is 0 Å². The lowest BCUT2D eigenvalue weighted by Gasteiger charge is -2.29. The SMILES string of the molecule is O=C(C1=CC=NC1)N1CCc2ccc(-c3ccc(C(F)(F)F)cc3)cc2C1. The molecular weight excluding hydrogens is 353 g/mol. The van der Waals surface area contributed by atoms with E-state index in [-0.39, 0.29) is 5.91 Å². The molecule has 2 aliphatic rings. The molecule has 2 aromatic rings. The Labute approximate surface area is 154 Å². The second-order valence-electron chi connectivity index (χ2n) is 6.72. The lowest BCUT2D eigenvalue weighted by Crippen LogP contribution is -2.37. The molecular formula is C21H17F3N2O. The van der Waals surface area contributed by atoms with Gasteiger partial charge in [0.05, 0.1) is 12.1 Å². The first kappa shape index (κ1) is 17.5. The highest BCUT2D eigenvalue weighted by Crippen LogP contribution is 2.32. The van der Waals surface area contributed by atoms with E-state index in [0.29, 0.717) is 25.2 Å². The average molecular weight is 370 g/mol. The van der Waals surface area contributed by atoms with Crippen molar-refractivity contribution in [2.45, 2.75) is 19.1 Å². The summed E-state index contributed by atoms with van der Waals surface area (Å²) in [5.41, 5.74) is 3.81. The summed E-state index contributed by atoms with van der Waals surface area (Å²) in [6.45, 7) is 1.58. The highest BCUT2D eigenvalue weighted by molar-refractivity contribution is 5.99. The number of allylic oxidation sites excluding steroid dienone is 1. The molecule has 0 spiro atoms. The zero-order valence-electron chi connectivity index (χ0n) is 14.5. The summed E-state index contributed by atoms with van der Waals surface area (Å²) in [4.78, 5) is 18.4. The van der Waals surface area contributed by atoms with Crippen LogP contribution in [0.3, 0.4) is 0 Å². The zero-order chi connectivity index (χ0) is 19.0. The Kier molecular flexibility index (Phi) is 4.34. The molecule has 1 amide bonds. The van der Waals surface area contributed by atoms with Crippen LogP contribution in [0.4, 0.5) is 13.2 Å². The summed E-state index contributed by atoms with van der Waals surface area (Å²) in [6, 6.07) is 11.0. The van der Waals surface area contributed by atoms with Crippen LogP contribution in [0.5, 0.6) is 0 Å². The minimum atomic E-state index is -4.34. The van der Waals surface area contributed by atoms with Crippen LogP contribution in [0, 0.1) is 0 Å². The Bertz CT molecular complexity index is 943. The van der Waals surface area contributed by atoms with Crippen LogP contribution >= 0.6 is 0 Å². The Morgan fingerprint density at radius 1 is 1.00 bits per heavy atom. The number of amides is 1. The quantitative estimate of drug-likeness (QED) is 0.777. The van der Waals surface area contributed by atoms with E-state index in [1.54, 1.807) is 17.2 Å². The normalized spacial score (nSPS) is 16.3. The molecule has 6 heteroatoms. The van der Waals surface area contributed by atoms with E-state index in [4.69, 9.17) is 0 Å². The fourth-order valence-corrected chi connectivity index (χ4v) is 3.45. The summed E-state index contributed by atoms with van der Waals surface area (Å²) < 4.78 is 38.2. The Morgan fingerprint density at radius 2 is 1.74 bits per heavy atom. The monoisotopic (exact) mass is 370 g/mol. The van der Waals surface area contributed by atoms with Gasteiger partial charge in [0.15, 0.2) is 0 Å². The van der Waals surface area contributed by atoms with E-state index < -0.39 is 11.7 Å². The van der Waals surface area contributed by atoms with E-state index in [9.17, 15) is 18.0 Å². The van der Waals surface area contributed by atoms with Gasteiger partial charge in [-0.25, -0.2) is 0 Å². The number of benzene rings is 2. The number of carbonyl (C=O) groups excluding carboxylic acids is 1. The van der Waals surface area contributed by atoms with Gasteiger partial charge in [0.25, 0.3) is 5.91 Å². The third kappa shape index (κ3) is 3.52. The fourth-order valence-electron chi connectivity index (χ4n) is 3.45. The van der Waals surface area contributed by atoms with Crippen molar-refractivity contribution in [2.75, 3.05) is 13.1 Å². The summed E-state index contributed by atoms with van der Waals surface area (Å²) in [5.74, 6) is -0.00177. The van der Waals surface area contributed by atoms with E-state index in [2.05, 4.69) is 4.99 Å². The number of alkyl halides is 3. The first-order valence-corrected chi connectivity index (χ1v) is 8.69. The maximum absolute atomic E-state index is 12.7. The van der Waals surface area contributed by atoms with Crippen LogP contribution in [-0.4, -0.2) is 30.1 Å². The lowest BCUT2D eigenvalue weighted by molar-refractivity contribution is -0.137. The maximum atomic E-state index is 12.7. The first-order valence-electron chi connectivity index (χ1n) is 8.69. The molecule has 0 fully saturated rings. The van der Waals surface area contributed by atoms with E-state index in [0.717, 1.165) is 35.2 Å². The van der Waals surface area contributed by atoms with Crippen LogP contribution in [0.25, 0.3) is 11.1 Å². The van der Waals surface area contributed by atoms with Crippen LogP contribution in [0.15, 0.2) is 59.1 Å². The van der Waals surface area contributed by atoms with Crippen LogP contribution in [-0.2, 0) is 23.9 Å². The number of nitrogens with zero attached hydrogens (tertiary/aromatic N) is 2. The third-order valence-electron chi connectivity index (χ3n) is 4.97. The minimum absolute atomic E-state index is 0.00177. The molecule has 2 aromatic carbocycles. The molecule has 0 bridgehead atoms. The maximum Gasteiger partial charge on any atom is 0.416 e. The molecule has 0 aromatic heterocycles. The Hall–Kier alpha value is -2.89. The molecule has 0 saturated carbocycles. The Morgan fingerprint density at radius 3 is 2.41 bits per heavy atom. The molecule has 0 N–H and O–H groups in total. The molecule has 4 rings (SSSR count). The number of rotatable bonds is 2. The van der Waals surface area contributed by atoms with Gasteiger partial charge in [-0.1, -0.05) is 24.3 Å². The summed E-state index contributed by atoms with van der Waals surface area (Å²) >= 11 is 0. The van der Waals surface area contributed by atoms with Crippen molar-refractivity contribution in [3.8, 4) is 11.1 Å². The smallest absolute Gasteiger partial charge is 0.334 e. The van der Waals surface area contributed by atoms with Gasteiger partial charge >= 0.3 is 6.18 Å². The highest BCUT2D eigenvalue weighted by Gasteiger charge is 2.30. The standard InChI is InChI=1S/C21H17F3N2O/c22-21(23,24)19-5-3-14(4-6-19)16-2-1-15-8-10-26(13-18(15)11-16)20(27)17-7-9-25-12-17/h1-7,9,11H,8,10,12-13H2. The molecule has 2 heterocycles. The number of hydrogen-bond acceptors (Lipinski definition) is 2. The van der Waals surface area contributed by atoms with E-state index in [1.165, 1.54) is 17.7 Å². The average Bonchev–Trinajstić information content (AvgIpc) is 3.21. The van der Waals surface area contributed by atoms with E-state index >= 15 is 0 Å². The third-order valence-corrected chi connectivity index (χ3v) is 4.97. The van der Waals surface area contributed by atoms with Gasteiger partial charge in [-0.3, -0.25) is 9.79 Å². The predicted molar refractivity (Wildman–Crippen MR) is 97.4 cm³/mol. The zero-order valence-corrected chi connectivity index (χ0v) is 14.5. The second-order valence-corrected chi connectivity index (χ2v) is 6.72. The lowest BCUT2D eigenvalue weighted by atomic mass is 9.94. The van der Waals surface area contributed by atoms with Crippen molar-refractivity contribution >= 4 is 12.1 Å². The number of carbonyl (C=O) groups is 1. The van der Waals surface area contributed by atoms with Gasteiger partial charge in [0, 0.05) is 24.9 Å². The number of halogens is 3. The van der Waals surface area contributed by atoms with Crippen molar-refractivity contribution < 1.29 is 18.0 Å². The largest absolute Gasteiger partial charge is 0.416 e. The molecule has 3 nitrogen and oxygen atoms in total. The topological polar surface area (TPSA) is 32.7 Å². The highest BCUT2D eigenvalue weighted by atomic mass is 19.4. The summed E-state index contributed by atoms with van der Waals surface area (Å²) in [7, 11) is 0. The van der Waals surface area contributed by atoms with Crippen molar-refractivity contribution in [1.82, 2.24) is 4.90 Å². The minimum Gasteiger partial charge on any atom is -0.334 e. The van der Waals surface area contributed by atoms with Gasteiger partial charge in [-0.2, -0.15) is 13.2 Å². The van der Waals surface area contributed by atoms with Crippen molar-refractivity contribution in [3.05, 3.63) is 70.8 Å². The molecule has 138 valence electrons. The van der Waals surface area contributed by atoms with Gasteiger partial charge in [0.1, 0.15) is 0 Å². The number of aliphatic imine (C=N–C) groups is 1. The first-order chi connectivity index (χ1) is 12.9. The van der Waals surface area contributed by atoms with Crippen LogP contribution < -0.4 is 0 Å².